The summed E-state index contributed by atoms with van der Waals surface area (Å²) in [6.45, 7) is 5.48. The second-order valence-corrected chi connectivity index (χ2v) is 5.68. The molecule has 3 nitrogen and oxygen atoms in total. The first-order chi connectivity index (χ1) is 8.29. The number of aliphatic imine (C=N–C) groups is 1. The van der Waals surface area contributed by atoms with Crippen molar-refractivity contribution < 1.29 is 0 Å². The number of piperidine rings is 1. The van der Waals surface area contributed by atoms with Gasteiger partial charge in [0.1, 0.15) is 0 Å². The predicted molar refractivity (Wildman–Crippen MR) is 89.9 cm³/mol. The highest BCUT2D eigenvalue weighted by Gasteiger charge is 2.18. The van der Waals surface area contributed by atoms with Crippen molar-refractivity contribution in [3.8, 4) is 0 Å². The first-order valence-electron chi connectivity index (χ1n) is 6.27. The van der Waals surface area contributed by atoms with Crippen molar-refractivity contribution in [2.75, 3.05) is 20.1 Å². The van der Waals surface area contributed by atoms with Crippen molar-refractivity contribution in [1.29, 1.82) is 0 Å². The molecule has 1 aromatic rings. The molecular formula is C13H22IN3S. The summed E-state index contributed by atoms with van der Waals surface area (Å²) in [4.78, 5) is 8.10. The van der Waals surface area contributed by atoms with Crippen LogP contribution in [0.25, 0.3) is 0 Å². The Morgan fingerprint density at radius 3 is 2.78 bits per heavy atom. The van der Waals surface area contributed by atoms with Crippen molar-refractivity contribution in [3.05, 3.63) is 22.4 Å². The molecule has 0 atom stereocenters. The summed E-state index contributed by atoms with van der Waals surface area (Å²) in [6.07, 6.45) is 2.55. The molecule has 2 rings (SSSR count). The zero-order valence-corrected chi connectivity index (χ0v) is 14.2. The lowest BCUT2D eigenvalue weighted by Gasteiger charge is -2.32. The number of guanidine groups is 1. The van der Waals surface area contributed by atoms with Crippen LogP contribution in [-0.4, -0.2) is 31.0 Å². The molecule has 1 aliphatic heterocycles. The average molecular weight is 379 g/mol. The maximum atomic E-state index is 4.37. The van der Waals surface area contributed by atoms with Gasteiger partial charge in [-0.05, 0) is 30.2 Å². The zero-order chi connectivity index (χ0) is 12.1. The number of rotatable bonds is 2. The number of hydrogen-bond donors (Lipinski definition) is 1. The van der Waals surface area contributed by atoms with Crippen LogP contribution < -0.4 is 5.32 Å². The summed E-state index contributed by atoms with van der Waals surface area (Å²) in [5.74, 6) is 1.91. The number of nitrogens with zero attached hydrogens (tertiary/aromatic N) is 2. The molecule has 102 valence electrons. The van der Waals surface area contributed by atoms with Crippen molar-refractivity contribution in [2.24, 2.45) is 10.9 Å². The second-order valence-electron chi connectivity index (χ2n) is 4.65. The highest BCUT2D eigenvalue weighted by molar-refractivity contribution is 14.0. The van der Waals surface area contributed by atoms with Gasteiger partial charge >= 0.3 is 0 Å². The maximum absolute atomic E-state index is 4.37. The Bertz CT molecular complexity index is 356. The summed E-state index contributed by atoms with van der Waals surface area (Å²) in [5, 5.41) is 5.56. The van der Waals surface area contributed by atoms with Gasteiger partial charge in [-0.25, -0.2) is 0 Å². The van der Waals surface area contributed by atoms with Gasteiger partial charge in [0, 0.05) is 25.0 Å². The van der Waals surface area contributed by atoms with E-state index < -0.39 is 0 Å². The molecule has 0 spiro atoms. The second kappa shape index (κ2) is 7.99. The molecule has 0 aliphatic carbocycles. The third kappa shape index (κ3) is 4.42. The molecule has 2 heterocycles. The summed E-state index contributed by atoms with van der Waals surface area (Å²) in [7, 11) is 1.87. The molecule has 0 radical (unpaired) electrons. The van der Waals surface area contributed by atoms with Gasteiger partial charge in [-0.2, -0.15) is 0 Å². The van der Waals surface area contributed by atoms with Gasteiger partial charge in [0.15, 0.2) is 5.96 Å². The van der Waals surface area contributed by atoms with Crippen LogP contribution in [0.5, 0.6) is 0 Å². The third-order valence-electron chi connectivity index (χ3n) is 3.30. The van der Waals surface area contributed by atoms with Crippen LogP contribution in [0.3, 0.4) is 0 Å². The van der Waals surface area contributed by atoms with Gasteiger partial charge < -0.3 is 10.2 Å². The van der Waals surface area contributed by atoms with E-state index in [9.17, 15) is 0 Å². The fraction of sp³-hybridized carbons (Fsp3) is 0.615. The smallest absolute Gasteiger partial charge is 0.193 e. The molecule has 5 heteroatoms. The number of likely N-dealkylation sites (tertiary alicyclic amines) is 1. The predicted octanol–water partition coefficient (Wildman–Crippen LogP) is 3.17. The Labute approximate surface area is 131 Å². The van der Waals surface area contributed by atoms with Crippen LogP contribution in [0.15, 0.2) is 22.5 Å². The Kier molecular flexibility index (Phi) is 6.99. The van der Waals surface area contributed by atoms with E-state index in [1.54, 1.807) is 11.3 Å². The summed E-state index contributed by atoms with van der Waals surface area (Å²) < 4.78 is 0. The van der Waals surface area contributed by atoms with E-state index >= 15 is 0 Å². The van der Waals surface area contributed by atoms with Crippen LogP contribution >= 0.6 is 35.3 Å². The molecule has 0 unspecified atom stereocenters. The number of halogens is 1. The van der Waals surface area contributed by atoms with E-state index in [1.807, 2.05) is 7.05 Å². The molecule has 0 bridgehead atoms. The van der Waals surface area contributed by atoms with Crippen molar-refractivity contribution in [2.45, 2.75) is 26.3 Å². The Morgan fingerprint density at radius 2 is 2.22 bits per heavy atom. The highest BCUT2D eigenvalue weighted by atomic mass is 127. The van der Waals surface area contributed by atoms with E-state index in [4.69, 9.17) is 0 Å². The van der Waals surface area contributed by atoms with Crippen molar-refractivity contribution >= 4 is 41.3 Å². The molecular weight excluding hydrogens is 357 g/mol. The van der Waals surface area contributed by atoms with Crippen LogP contribution in [-0.2, 0) is 6.54 Å². The largest absolute Gasteiger partial charge is 0.351 e. The van der Waals surface area contributed by atoms with Gasteiger partial charge in [0.2, 0.25) is 0 Å². The van der Waals surface area contributed by atoms with Crippen molar-refractivity contribution in [3.63, 3.8) is 0 Å². The molecule has 1 N–H and O–H groups in total. The van der Waals surface area contributed by atoms with Crippen molar-refractivity contribution in [1.82, 2.24) is 10.2 Å². The van der Waals surface area contributed by atoms with Gasteiger partial charge in [0.05, 0.1) is 6.54 Å². The third-order valence-corrected chi connectivity index (χ3v) is 4.17. The zero-order valence-electron chi connectivity index (χ0n) is 11.1. The van der Waals surface area contributed by atoms with Crippen LogP contribution in [0, 0.1) is 5.92 Å². The topological polar surface area (TPSA) is 27.6 Å². The molecule has 18 heavy (non-hydrogen) atoms. The monoisotopic (exact) mass is 379 g/mol. The minimum Gasteiger partial charge on any atom is -0.351 e. The Hall–Kier alpha value is -0.300. The molecule has 1 fully saturated rings. The first kappa shape index (κ1) is 15.8. The summed E-state index contributed by atoms with van der Waals surface area (Å²) >= 11 is 1.79. The molecule has 0 aromatic carbocycles. The molecule has 1 aliphatic rings. The lowest BCUT2D eigenvalue weighted by atomic mass is 10.00. The van der Waals surface area contributed by atoms with Gasteiger partial charge in [0.25, 0.3) is 0 Å². The maximum Gasteiger partial charge on any atom is 0.193 e. The number of thiophene rings is 1. The van der Waals surface area contributed by atoms with E-state index in [-0.39, 0.29) is 24.0 Å². The molecule has 1 aromatic heterocycles. The van der Waals surface area contributed by atoms with Gasteiger partial charge in [-0.3, -0.25) is 4.99 Å². The van der Waals surface area contributed by atoms with Gasteiger partial charge in [-0.15, -0.1) is 35.3 Å². The van der Waals surface area contributed by atoms with Crippen LogP contribution in [0.1, 0.15) is 24.6 Å². The first-order valence-corrected chi connectivity index (χ1v) is 7.15. The Morgan fingerprint density at radius 1 is 1.50 bits per heavy atom. The Balaban J connectivity index is 0.00000162. The molecule has 1 saturated heterocycles. The minimum atomic E-state index is 0. The number of hydrogen-bond acceptors (Lipinski definition) is 2. The fourth-order valence-corrected chi connectivity index (χ4v) is 2.78. The average Bonchev–Trinajstić information content (AvgIpc) is 2.85. The van der Waals surface area contributed by atoms with E-state index in [1.165, 1.54) is 17.7 Å². The summed E-state index contributed by atoms with van der Waals surface area (Å²) in [6, 6.07) is 4.25. The van der Waals surface area contributed by atoms with E-state index in [0.717, 1.165) is 31.5 Å². The standard InChI is InChI=1S/C13H21N3S.HI/c1-11-5-7-16(8-6-11)13(14-2)15-10-12-4-3-9-17-12;/h3-4,9,11H,5-8,10H2,1-2H3,(H,14,15);1H. The summed E-state index contributed by atoms with van der Waals surface area (Å²) in [5.41, 5.74) is 0. The minimum absolute atomic E-state index is 0. The lowest BCUT2D eigenvalue weighted by Crippen LogP contribution is -2.44. The van der Waals surface area contributed by atoms with E-state index in [0.29, 0.717) is 0 Å². The van der Waals surface area contributed by atoms with E-state index in [2.05, 4.69) is 39.6 Å². The highest BCUT2D eigenvalue weighted by Crippen LogP contribution is 2.16. The quantitative estimate of drug-likeness (QED) is 0.486. The normalized spacial score (nSPS) is 17.4. The number of nitrogens with one attached hydrogen (secondary N) is 1. The lowest BCUT2D eigenvalue weighted by molar-refractivity contribution is 0.273. The SMILES string of the molecule is CN=C(NCc1cccs1)N1CCC(C)CC1.I. The van der Waals surface area contributed by atoms with Crippen LogP contribution in [0.4, 0.5) is 0 Å². The van der Waals surface area contributed by atoms with Gasteiger partial charge in [-0.1, -0.05) is 13.0 Å². The molecule has 0 amide bonds. The molecule has 0 saturated carbocycles. The van der Waals surface area contributed by atoms with Crippen LogP contribution in [0.2, 0.25) is 0 Å². The fourth-order valence-electron chi connectivity index (χ4n) is 2.13.